The van der Waals surface area contributed by atoms with E-state index in [0.717, 1.165) is 31.2 Å². The van der Waals surface area contributed by atoms with Gasteiger partial charge in [0.2, 0.25) is 0 Å². The number of halogens is 1. The molecule has 3 aromatic rings. The molecule has 0 saturated carbocycles. The molecule has 2 atom stereocenters. The third-order valence-electron chi connectivity index (χ3n) is 6.21. The monoisotopic (exact) mass is 377 g/mol. The fraction of sp³-hybridized carbons (Fsp3) is 0.318. The van der Waals surface area contributed by atoms with Gasteiger partial charge < -0.3 is 4.90 Å². The van der Waals surface area contributed by atoms with Crippen LogP contribution in [0.15, 0.2) is 53.3 Å². The molecule has 0 spiro atoms. The molecule has 0 radical (unpaired) electrons. The van der Waals surface area contributed by atoms with Gasteiger partial charge in [0.05, 0.1) is 5.39 Å². The molecular weight excluding hydrogens is 357 g/mol. The predicted molar refractivity (Wildman–Crippen MR) is 104 cm³/mol. The van der Waals surface area contributed by atoms with Gasteiger partial charge in [-0.25, -0.2) is 9.49 Å². The van der Waals surface area contributed by atoms with Crippen molar-refractivity contribution in [2.75, 3.05) is 0 Å². The molecule has 2 bridgehead atoms. The lowest BCUT2D eigenvalue weighted by Gasteiger charge is -2.39. The number of hydrogen-bond acceptors (Lipinski definition) is 3. The van der Waals surface area contributed by atoms with E-state index in [0.29, 0.717) is 22.4 Å². The second-order valence-electron chi connectivity index (χ2n) is 7.76. The summed E-state index contributed by atoms with van der Waals surface area (Å²) in [7, 11) is 0. The summed E-state index contributed by atoms with van der Waals surface area (Å²) in [4.78, 5) is 27.4. The van der Waals surface area contributed by atoms with Crippen molar-refractivity contribution < 1.29 is 9.18 Å². The minimum absolute atomic E-state index is 0.113. The molecule has 2 aliphatic heterocycles. The first-order chi connectivity index (χ1) is 13.6. The summed E-state index contributed by atoms with van der Waals surface area (Å²) in [5, 5.41) is 7.63. The Morgan fingerprint density at radius 1 is 1.00 bits per heavy atom. The molecule has 142 valence electrons. The summed E-state index contributed by atoms with van der Waals surface area (Å²) in [6, 6.07) is 14.1. The molecule has 5 nitrogen and oxygen atoms in total. The summed E-state index contributed by atoms with van der Waals surface area (Å²) in [5.41, 5.74) is 1.16. The Morgan fingerprint density at radius 3 is 2.32 bits per heavy atom. The maximum absolute atomic E-state index is 13.4. The fourth-order valence-corrected chi connectivity index (χ4v) is 4.92. The van der Waals surface area contributed by atoms with Crippen molar-refractivity contribution in [1.29, 1.82) is 0 Å². The summed E-state index contributed by atoms with van der Waals surface area (Å²) < 4.78 is 13.2. The second kappa shape index (κ2) is 6.55. The Kier molecular flexibility index (Phi) is 4.00. The van der Waals surface area contributed by atoms with Gasteiger partial charge in [-0.2, -0.15) is 5.10 Å². The van der Waals surface area contributed by atoms with E-state index in [-0.39, 0.29) is 29.4 Å². The Bertz CT molecular complexity index is 1090. The van der Waals surface area contributed by atoms with Crippen LogP contribution in [0.2, 0.25) is 0 Å². The van der Waals surface area contributed by atoms with Crippen LogP contribution in [-0.4, -0.2) is 33.1 Å². The number of nitrogens with one attached hydrogen (secondary N) is 1. The molecule has 1 amide bonds. The van der Waals surface area contributed by atoms with E-state index >= 15 is 0 Å². The van der Waals surface area contributed by atoms with E-state index in [9.17, 15) is 14.0 Å². The molecule has 1 aromatic heterocycles. The van der Waals surface area contributed by atoms with Crippen molar-refractivity contribution in [2.45, 2.75) is 43.7 Å². The molecule has 2 unspecified atom stereocenters. The number of carbonyl (C=O) groups is 1. The van der Waals surface area contributed by atoms with E-state index in [1.54, 1.807) is 18.2 Å². The highest BCUT2D eigenvalue weighted by Gasteiger charge is 2.44. The fourth-order valence-electron chi connectivity index (χ4n) is 4.92. The molecule has 5 rings (SSSR count). The Balaban J connectivity index is 1.46. The maximum Gasteiger partial charge on any atom is 0.275 e. The van der Waals surface area contributed by atoms with Crippen LogP contribution in [0.5, 0.6) is 0 Å². The zero-order chi connectivity index (χ0) is 19.3. The number of fused-ring (bicyclic) bond motifs is 3. The van der Waals surface area contributed by atoms with Gasteiger partial charge in [-0.3, -0.25) is 9.59 Å². The third kappa shape index (κ3) is 2.71. The topological polar surface area (TPSA) is 66.1 Å². The van der Waals surface area contributed by atoms with Crippen LogP contribution < -0.4 is 5.56 Å². The first-order valence-electron chi connectivity index (χ1n) is 9.67. The Labute approximate surface area is 161 Å². The number of amides is 1. The molecule has 28 heavy (non-hydrogen) atoms. The van der Waals surface area contributed by atoms with Crippen LogP contribution >= 0.6 is 0 Å². The van der Waals surface area contributed by atoms with Crippen molar-refractivity contribution in [3.8, 4) is 0 Å². The molecule has 2 saturated heterocycles. The smallest absolute Gasteiger partial charge is 0.275 e. The van der Waals surface area contributed by atoms with Gasteiger partial charge in [0.1, 0.15) is 5.82 Å². The summed E-state index contributed by atoms with van der Waals surface area (Å²) in [6.45, 7) is 0. The molecular formula is C22H20FN3O2. The zero-order valence-corrected chi connectivity index (χ0v) is 15.3. The lowest BCUT2D eigenvalue weighted by molar-refractivity contribution is 0.0566. The lowest BCUT2D eigenvalue weighted by Crippen LogP contribution is -2.46. The van der Waals surface area contributed by atoms with Crippen LogP contribution in [0.25, 0.3) is 10.8 Å². The number of carbonyl (C=O) groups excluding carboxylic acids is 1. The van der Waals surface area contributed by atoms with Crippen LogP contribution in [0.4, 0.5) is 4.39 Å². The van der Waals surface area contributed by atoms with Crippen molar-refractivity contribution in [1.82, 2.24) is 15.1 Å². The van der Waals surface area contributed by atoms with Gasteiger partial charge in [0.15, 0.2) is 5.69 Å². The number of rotatable bonds is 2. The highest BCUT2D eigenvalue weighted by atomic mass is 19.1. The average molecular weight is 377 g/mol. The number of nitrogens with zero attached hydrogens (tertiary/aromatic N) is 2. The van der Waals surface area contributed by atoms with Gasteiger partial charge in [-0.05, 0) is 55.4 Å². The number of aromatic amines is 1. The van der Waals surface area contributed by atoms with E-state index in [1.807, 2.05) is 23.1 Å². The van der Waals surface area contributed by atoms with Crippen molar-refractivity contribution >= 4 is 16.7 Å². The number of benzene rings is 2. The molecule has 2 aromatic carbocycles. The van der Waals surface area contributed by atoms with Gasteiger partial charge in [-0.1, -0.05) is 30.3 Å². The second-order valence-corrected chi connectivity index (χ2v) is 7.76. The minimum Gasteiger partial charge on any atom is -0.331 e. The number of piperidine rings is 1. The summed E-state index contributed by atoms with van der Waals surface area (Å²) >= 11 is 0. The van der Waals surface area contributed by atoms with E-state index < -0.39 is 0 Å². The van der Waals surface area contributed by atoms with Crippen LogP contribution in [-0.2, 0) is 0 Å². The number of aromatic nitrogens is 2. The van der Waals surface area contributed by atoms with Crippen molar-refractivity contribution in [3.05, 3.63) is 76.0 Å². The van der Waals surface area contributed by atoms with Crippen molar-refractivity contribution in [2.24, 2.45) is 0 Å². The number of hydrogen-bond donors (Lipinski definition) is 1. The maximum atomic E-state index is 13.4. The Hall–Kier alpha value is -3.02. The lowest BCUT2D eigenvalue weighted by atomic mass is 9.85. The molecule has 0 aliphatic carbocycles. The minimum atomic E-state index is -0.287. The summed E-state index contributed by atoms with van der Waals surface area (Å²) in [6.07, 6.45) is 3.68. The summed E-state index contributed by atoms with van der Waals surface area (Å²) in [5.74, 6) is -0.00435. The largest absolute Gasteiger partial charge is 0.331 e. The zero-order valence-electron chi connectivity index (χ0n) is 15.3. The van der Waals surface area contributed by atoms with Gasteiger partial charge >= 0.3 is 0 Å². The highest BCUT2D eigenvalue weighted by Crippen LogP contribution is 2.43. The average Bonchev–Trinajstić information content (AvgIpc) is 2.98. The SMILES string of the molecule is O=C(c1n[nH]c(=O)c2ccccc12)N1C2CCC1CC(c1ccc(F)cc1)C2. The molecule has 2 fully saturated rings. The highest BCUT2D eigenvalue weighted by molar-refractivity contribution is 6.05. The van der Waals surface area contributed by atoms with Crippen molar-refractivity contribution in [3.63, 3.8) is 0 Å². The van der Waals surface area contributed by atoms with Crippen LogP contribution in [0.1, 0.15) is 47.7 Å². The predicted octanol–water partition coefficient (Wildman–Crippen LogP) is 3.61. The third-order valence-corrected chi connectivity index (χ3v) is 6.21. The standard InChI is InChI=1S/C22H20FN3O2/c23-15-7-5-13(6-8-15)14-11-16-9-10-17(12-14)26(16)22(28)20-18-3-1-2-4-19(18)21(27)25-24-20/h1-8,14,16-17H,9-12H2,(H,25,27). The van der Waals surface area contributed by atoms with E-state index in [2.05, 4.69) is 10.2 Å². The first-order valence-corrected chi connectivity index (χ1v) is 9.67. The molecule has 3 heterocycles. The van der Waals surface area contributed by atoms with Crippen LogP contribution in [0, 0.1) is 5.82 Å². The molecule has 2 aliphatic rings. The molecule has 1 N–H and O–H groups in total. The Morgan fingerprint density at radius 2 is 1.64 bits per heavy atom. The van der Waals surface area contributed by atoms with E-state index in [1.165, 1.54) is 12.1 Å². The quantitative estimate of drug-likeness (QED) is 0.742. The molecule has 6 heteroatoms. The van der Waals surface area contributed by atoms with Crippen LogP contribution in [0.3, 0.4) is 0 Å². The first kappa shape index (κ1) is 17.1. The van der Waals surface area contributed by atoms with E-state index in [4.69, 9.17) is 0 Å². The van der Waals surface area contributed by atoms with Gasteiger partial charge in [0.25, 0.3) is 11.5 Å². The number of H-pyrrole nitrogens is 1. The van der Waals surface area contributed by atoms with Gasteiger partial charge in [0, 0.05) is 17.5 Å². The normalized spacial score (nSPS) is 23.9. The van der Waals surface area contributed by atoms with Gasteiger partial charge in [-0.15, -0.1) is 0 Å².